The number of anilines is 2. The first kappa shape index (κ1) is 12.1. The van der Waals surface area contributed by atoms with Crippen molar-refractivity contribution in [2.45, 2.75) is 33.1 Å². The molecule has 1 aromatic heterocycles. The van der Waals surface area contributed by atoms with Crippen LogP contribution in [0.2, 0.25) is 0 Å². The Labute approximate surface area is 104 Å². The van der Waals surface area contributed by atoms with Gasteiger partial charge in [-0.15, -0.1) is 0 Å². The minimum Gasteiger partial charge on any atom is -0.357 e. The molecule has 1 saturated heterocycles. The zero-order valence-corrected chi connectivity index (χ0v) is 10.9. The van der Waals surface area contributed by atoms with E-state index in [1.807, 2.05) is 12.3 Å². The molecule has 0 amide bonds. The Morgan fingerprint density at radius 3 is 2.53 bits per heavy atom. The summed E-state index contributed by atoms with van der Waals surface area (Å²) in [5.41, 5.74) is 0. The highest BCUT2D eigenvalue weighted by atomic mass is 15.3. The van der Waals surface area contributed by atoms with Gasteiger partial charge in [-0.25, -0.2) is 4.98 Å². The van der Waals surface area contributed by atoms with Crippen molar-refractivity contribution in [2.75, 3.05) is 36.0 Å². The van der Waals surface area contributed by atoms with Gasteiger partial charge in [-0.2, -0.15) is 4.98 Å². The number of aromatic nitrogens is 2. The summed E-state index contributed by atoms with van der Waals surface area (Å²) in [6.45, 7) is 8.50. The lowest BCUT2D eigenvalue weighted by molar-refractivity contribution is 0.568. The molecule has 2 rings (SSSR count). The van der Waals surface area contributed by atoms with Crippen LogP contribution in [0.1, 0.15) is 33.1 Å². The summed E-state index contributed by atoms with van der Waals surface area (Å²) < 4.78 is 0. The second-order valence-corrected chi connectivity index (χ2v) is 4.43. The Balaban J connectivity index is 2.15. The van der Waals surface area contributed by atoms with Crippen LogP contribution >= 0.6 is 0 Å². The Bertz CT molecular complexity index is 343. The van der Waals surface area contributed by atoms with Gasteiger partial charge in [0, 0.05) is 32.4 Å². The van der Waals surface area contributed by atoms with Gasteiger partial charge in [0.15, 0.2) is 0 Å². The molecule has 4 heteroatoms. The average Bonchev–Trinajstić information content (AvgIpc) is 2.42. The van der Waals surface area contributed by atoms with Crippen LogP contribution in [-0.4, -0.2) is 36.1 Å². The third-order valence-corrected chi connectivity index (χ3v) is 3.35. The maximum absolute atomic E-state index is 4.68. The highest BCUT2D eigenvalue weighted by molar-refractivity contribution is 5.43. The normalized spacial score (nSPS) is 16.0. The zero-order chi connectivity index (χ0) is 12.1. The fourth-order valence-electron chi connectivity index (χ4n) is 2.31. The van der Waals surface area contributed by atoms with E-state index in [-0.39, 0.29) is 0 Å². The molecule has 1 fully saturated rings. The van der Waals surface area contributed by atoms with Crippen molar-refractivity contribution in [3.05, 3.63) is 12.3 Å². The van der Waals surface area contributed by atoms with Gasteiger partial charge in [-0.1, -0.05) is 0 Å². The molecule has 0 atom stereocenters. The predicted molar refractivity (Wildman–Crippen MR) is 71.7 cm³/mol. The molecular weight excluding hydrogens is 212 g/mol. The predicted octanol–water partition coefficient (Wildman–Crippen LogP) is 2.31. The SMILES string of the molecule is CCN(CC)c1ccnc(N2CCCCC2)n1. The number of hydrogen-bond acceptors (Lipinski definition) is 4. The Kier molecular flexibility index (Phi) is 4.18. The van der Waals surface area contributed by atoms with E-state index in [1.54, 1.807) is 0 Å². The fraction of sp³-hybridized carbons (Fsp3) is 0.692. The molecule has 0 saturated carbocycles. The van der Waals surface area contributed by atoms with Crippen LogP contribution in [0.15, 0.2) is 12.3 Å². The molecular formula is C13H22N4. The van der Waals surface area contributed by atoms with Crippen LogP contribution in [0.4, 0.5) is 11.8 Å². The van der Waals surface area contributed by atoms with E-state index in [9.17, 15) is 0 Å². The van der Waals surface area contributed by atoms with Gasteiger partial charge in [-0.05, 0) is 39.2 Å². The van der Waals surface area contributed by atoms with Gasteiger partial charge >= 0.3 is 0 Å². The third-order valence-electron chi connectivity index (χ3n) is 3.35. The molecule has 0 N–H and O–H groups in total. The van der Waals surface area contributed by atoms with Crippen LogP contribution in [-0.2, 0) is 0 Å². The van der Waals surface area contributed by atoms with Gasteiger partial charge < -0.3 is 9.80 Å². The summed E-state index contributed by atoms with van der Waals surface area (Å²) in [7, 11) is 0. The van der Waals surface area contributed by atoms with E-state index in [1.165, 1.54) is 19.3 Å². The Morgan fingerprint density at radius 1 is 1.18 bits per heavy atom. The molecule has 0 aromatic carbocycles. The quantitative estimate of drug-likeness (QED) is 0.800. The summed E-state index contributed by atoms with van der Waals surface area (Å²) in [5.74, 6) is 1.94. The summed E-state index contributed by atoms with van der Waals surface area (Å²) in [4.78, 5) is 13.6. The van der Waals surface area contributed by atoms with Gasteiger partial charge in [0.1, 0.15) is 5.82 Å². The molecule has 4 nitrogen and oxygen atoms in total. The number of hydrogen-bond donors (Lipinski definition) is 0. The van der Waals surface area contributed by atoms with E-state index in [2.05, 4.69) is 33.6 Å². The Morgan fingerprint density at radius 2 is 1.88 bits per heavy atom. The van der Waals surface area contributed by atoms with Crippen molar-refractivity contribution in [1.82, 2.24) is 9.97 Å². The first-order valence-corrected chi connectivity index (χ1v) is 6.68. The van der Waals surface area contributed by atoms with Crippen molar-refractivity contribution in [2.24, 2.45) is 0 Å². The van der Waals surface area contributed by atoms with Crippen LogP contribution in [0.5, 0.6) is 0 Å². The third kappa shape index (κ3) is 2.87. The lowest BCUT2D eigenvalue weighted by atomic mass is 10.1. The van der Waals surface area contributed by atoms with Crippen molar-refractivity contribution in [3.8, 4) is 0 Å². The molecule has 1 aliphatic heterocycles. The van der Waals surface area contributed by atoms with Crippen LogP contribution in [0, 0.1) is 0 Å². The van der Waals surface area contributed by atoms with Crippen molar-refractivity contribution in [1.29, 1.82) is 0 Å². The first-order chi connectivity index (χ1) is 8.35. The minimum absolute atomic E-state index is 0.897. The Hall–Kier alpha value is -1.32. The molecule has 2 heterocycles. The minimum atomic E-state index is 0.897. The van der Waals surface area contributed by atoms with E-state index in [0.717, 1.165) is 37.9 Å². The van der Waals surface area contributed by atoms with Gasteiger partial charge in [0.2, 0.25) is 5.95 Å². The molecule has 94 valence electrons. The largest absolute Gasteiger partial charge is 0.357 e. The number of rotatable bonds is 4. The molecule has 0 radical (unpaired) electrons. The van der Waals surface area contributed by atoms with Crippen LogP contribution in [0.3, 0.4) is 0 Å². The van der Waals surface area contributed by atoms with Crippen LogP contribution in [0.25, 0.3) is 0 Å². The first-order valence-electron chi connectivity index (χ1n) is 6.68. The highest BCUT2D eigenvalue weighted by Crippen LogP contribution is 2.18. The van der Waals surface area contributed by atoms with Crippen molar-refractivity contribution < 1.29 is 0 Å². The number of nitrogens with zero attached hydrogens (tertiary/aromatic N) is 4. The van der Waals surface area contributed by atoms with E-state index in [0.29, 0.717) is 0 Å². The molecule has 0 aliphatic carbocycles. The monoisotopic (exact) mass is 234 g/mol. The maximum atomic E-state index is 4.68. The van der Waals surface area contributed by atoms with Crippen molar-refractivity contribution in [3.63, 3.8) is 0 Å². The average molecular weight is 234 g/mol. The summed E-state index contributed by atoms with van der Waals surface area (Å²) in [5, 5.41) is 0. The smallest absolute Gasteiger partial charge is 0.227 e. The van der Waals surface area contributed by atoms with E-state index in [4.69, 9.17) is 0 Å². The molecule has 1 aromatic rings. The lowest BCUT2D eigenvalue weighted by Crippen LogP contribution is -2.32. The van der Waals surface area contributed by atoms with Gasteiger partial charge in [0.25, 0.3) is 0 Å². The zero-order valence-electron chi connectivity index (χ0n) is 10.9. The summed E-state index contributed by atoms with van der Waals surface area (Å²) in [6.07, 6.45) is 5.74. The lowest BCUT2D eigenvalue weighted by Gasteiger charge is -2.28. The molecule has 1 aliphatic rings. The summed E-state index contributed by atoms with van der Waals surface area (Å²) in [6, 6.07) is 2.00. The van der Waals surface area contributed by atoms with Crippen molar-refractivity contribution >= 4 is 11.8 Å². The maximum Gasteiger partial charge on any atom is 0.227 e. The fourth-order valence-corrected chi connectivity index (χ4v) is 2.31. The summed E-state index contributed by atoms with van der Waals surface area (Å²) >= 11 is 0. The standard InChI is InChI=1S/C13H22N4/c1-3-16(4-2)12-8-9-14-13(15-12)17-10-6-5-7-11-17/h8-9H,3-7,10-11H2,1-2H3. The van der Waals surface area contributed by atoms with Gasteiger partial charge in [-0.3, -0.25) is 0 Å². The van der Waals surface area contributed by atoms with E-state index < -0.39 is 0 Å². The topological polar surface area (TPSA) is 32.3 Å². The molecule has 0 unspecified atom stereocenters. The highest BCUT2D eigenvalue weighted by Gasteiger charge is 2.14. The molecule has 0 bridgehead atoms. The molecule has 0 spiro atoms. The van der Waals surface area contributed by atoms with Gasteiger partial charge in [0.05, 0.1) is 0 Å². The molecule has 17 heavy (non-hydrogen) atoms. The van der Waals surface area contributed by atoms with E-state index >= 15 is 0 Å². The van der Waals surface area contributed by atoms with Crippen LogP contribution < -0.4 is 9.80 Å². The number of piperidine rings is 1. The second kappa shape index (κ2) is 5.84. The second-order valence-electron chi connectivity index (χ2n) is 4.43.